The topological polar surface area (TPSA) is 29.5 Å². The third kappa shape index (κ3) is 4.77. The molecule has 3 aliphatic rings. The van der Waals surface area contributed by atoms with Gasteiger partial charge in [0.2, 0.25) is 0 Å². The van der Waals surface area contributed by atoms with Gasteiger partial charge in [-0.1, -0.05) is 44.7 Å². The number of fused-ring (bicyclic) bond motifs is 1. The second kappa shape index (κ2) is 9.33. The molecule has 1 aromatic rings. The van der Waals surface area contributed by atoms with Crippen LogP contribution in [-0.2, 0) is 6.42 Å². The average Bonchev–Trinajstić information content (AvgIpc) is 2.74. The van der Waals surface area contributed by atoms with Crippen LogP contribution in [0.3, 0.4) is 0 Å². The first kappa shape index (κ1) is 22.9. The second-order valence-corrected chi connectivity index (χ2v) is 10.4. The minimum Gasteiger partial charge on any atom is -0.429 e. The maximum Gasteiger partial charge on any atom is 0.401 e. The molecule has 1 heterocycles. The van der Waals surface area contributed by atoms with Gasteiger partial charge in [-0.15, -0.1) is 0 Å². The van der Waals surface area contributed by atoms with E-state index < -0.39 is 23.9 Å². The summed E-state index contributed by atoms with van der Waals surface area (Å²) >= 11 is 0. The monoisotopic (exact) mass is 438 g/mol. The van der Waals surface area contributed by atoms with E-state index in [1.54, 1.807) is 6.07 Å². The van der Waals surface area contributed by atoms with Gasteiger partial charge in [-0.05, 0) is 81.1 Å². The molecule has 2 nitrogen and oxygen atoms in total. The Morgan fingerprint density at radius 3 is 2.16 bits per heavy atom. The van der Waals surface area contributed by atoms with E-state index in [1.165, 1.54) is 51.5 Å². The Morgan fingerprint density at radius 2 is 1.58 bits per heavy atom. The molecule has 2 fully saturated rings. The fraction of sp³-hybridized carbons (Fsp3) is 0.769. The van der Waals surface area contributed by atoms with E-state index >= 15 is 0 Å². The first-order chi connectivity index (χ1) is 14.8. The van der Waals surface area contributed by atoms with E-state index in [4.69, 9.17) is 4.74 Å². The fourth-order valence-corrected chi connectivity index (χ4v) is 6.59. The van der Waals surface area contributed by atoms with Crippen molar-refractivity contribution in [3.8, 4) is 5.75 Å². The maximum absolute atomic E-state index is 15.0. The Morgan fingerprint density at radius 1 is 1.00 bits per heavy atom. The molecule has 1 N–H and O–H groups in total. The van der Waals surface area contributed by atoms with Crippen molar-refractivity contribution in [2.75, 3.05) is 0 Å². The summed E-state index contributed by atoms with van der Waals surface area (Å²) in [7, 11) is 0. The zero-order chi connectivity index (χ0) is 22.2. The summed E-state index contributed by atoms with van der Waals surface area (Å²) in [6, 6.07) is 3.14. The van der Waals surface area contributed by atoms with Gasteiger partial charge in [0.05, 0.1) is 12.0 Å². The molecular weight excluding hydrogens is 401 g/mol. The smallest absolute Gasteiger partial charge is 0.401 e. The van der Waals surface area contributed by atoms with E-state index in [9.17, 15) is 18.3 Å². The number of aliphatic hydroxyl groups is 1. The van der Waals surface area contributed by atoms with Crippen molar-refractivity contribution < 1.29 is 23.0 Å². The van der Waals surface area contributed by atoms with Crippen molar-refractivity contribution in [1.29, 1.82) is 0 Å². The average molecular weight is 439 g/mol. The second-order valence-electron chi connectivity index (χ2n) is 10.4. The van der Waals surface area contributed by atoms with E-state index in [2.05, 4.69) is 6.92 Å². The van der Waals surface area contributed by atoms with Crippen LogP contribution >= 0.6 is 0 Å². The largest absolute Gasteiger partial charge is 0.429 e. The highest BCUT2D eigenvalue weighted by Crippen LogP contribution is 2.50. The van der Waals surface area contributed by atoms with Gasteiger partial charge in [-0.25, -0.2) is 4.39 Å². The number of alkyl halides is 2. The lowest BCUT2D eigenvalue weighted by molar-refractivity contribution is -0.239. The predicted octanol–water partition coefficient (Wildman–Crippen LogP) is 7.44. The first-order valence-corrected chi connectivity index (χ1v) is 12.4. The molecule has 31 heavy (non-hydrogen) atoms. The van der Waals surface area contributed by atoms with Gasteiger partial charge in [0.1, 0.15) is 0 Å². The van der Waals surface area contributed by atoms with Crippen LogP contribution in [0.2, 0.25) is 0 Å². The number of hydrogen-bond donors (Lipinski definition) is 1. The van der Waals surface area contributed by atoms with Crippen molar-refractivity contribution >= 4 is 0 Å². The molecule has 2 saturated carbocycles. The molecule has 4 rings (SSSR count). The van der Waals surface area contributed by atoms with Gasteiger partial charge in [-0.3, -0.25) is 0 Å². The lowest BCUT2D eigenvalue weighted by atomic mass is 9.66. The highest BCUT2D eigenvalue weighted by atomic mass is 19.3. The summed E-state index contributed by atoms with van der Waals surface area (Å²) in [6.07, 6.45) is 7.28. The molecule has 1 aromatic carbocycles. The molecule has 2 unspecified atom stereocenters. The maximum atomic E-state index is 15.0. The van der Waals surface area contributed by atoms with Crippen LogP contribution in [-0.4, -0.2) is 11.2 Å². The molecule has 0 radical (unpaired) electrons. The van der Waals surface area contributed by atoms with Gasteiger partial charge in [-0.2, -0.15) is 8.78 Å². The number of ether oxygens (including phenoxy) is 1. The summed E-state index contributed by atoms with van der Waals surface area (Å²) in [4.78, 5) is 0. The molecular formula is C26H37F3O2. The highest BCUT2D eigenvalue weighted by Gasteiger charge is 2.51. The van der Waals surface area contributed by atoms with Gasteiger partial charge in [0.15, 0.2) is 11.6 Å². The zero-order valence-corrected chi connectivity index (χ0v) is 18.9. The number of aliphatic hydroxyl groups excluding tert-OH is 1. The SMILES string of the molecule is CCCC1CCC(C2CCC(C3Cc4ccc(C(C)O)c(F)c4OC3(F)F)CC2)CC1. The quantitative estimate of drug-likeness (QED) is 0.518. The van der Waals surface area contributed by atoms with E-state index in [0.29, 0.717) is 11.5 Å². The minimum atomic E-state index is -3.37. The molecule has 174 valence electrons. The Balaban J connectivity index is 1.38. The van der Waals surface area contributed by atoms with Crippen LogP contribution in [0.4, 0.5) is 13.2 Å². The summed E-state index contributed by atoms with van der Waals surface area (Å²) in [5.41, 5.74) is 0.497. The summed E-state index contributed by atoms with van der Waals surface area (Å²) in [6.45, 7) is 3.68. The number of halogens is 3. The summed E-state index contributed by atoms with van der Waals surface area (Å²) in [5.74, 6) is 0.116. The van der Waals surface area contributed by atoms with Crippen molar-refractivity contribution in [3.63, 3.8) is 0 Å². The van der Waals surface area contributed by atoms with Crippen LogP contribution in [0.15, 0.2) is 12.1 Å². The van der Waals surface area contributed by atoms with E-state index in [0.717, 1.165) is 37.5 Å². The molecule has 0 aromatic heterocycles. The molecule has 0 spiro atoms. The van der Waals surface area contributed by atoms with Crippen molar-refractivity contribution in [1.82, 2.24) is 0 Å². The Kier molecular flexibility index (Phi) is 6.90. The third-order valence-electron chi connectivity index (χ3n) is 8.41. The van der Waals surface area contributed by atoms with Crippen molar-refractivity contribution in [3.05, 3.63) is 29.1 Å². The van der Waals surface area contributed by atoms with Crippen LogP contribution in [0, 0.1) is 35.4 Å². The number of benzene rings is 1. The molecule has 2 atom stereocenters. The Hall–Kier alpha value is -1.23. The fourth-order valence-electron chi connectivity index (χ4n) is 6.59. The van der Waals surface area contributed by atoms with Crippen LogP contribution in [0.1, 0.15) is 95.3 Å². The van der Waals surface area contributed by atoms with E-state index in [-0.39, 0.29) is 23.7 Å². The normalized spacial score (nSPS) is 33.9. The number of rotatable bonds is 5. The zero-order valence-electron chi connectivity index (χ0n) is 18.9. The molecule has 0 saturated heterocycles. The first-order valence-electron chi connectivity index (χ1n) is 12.4. The molecule has 5 heteroatoms. The van der Waals surface area contributed by atoms with Crippen molar-refractivity contribution in [2.24, 2.45) is 29.6 Å². The van der Waals surface area contributed by atoms with Gasteiger partial charge >= 0.3 is 6.11 Å². The predicted molar refractivity (Wildman–Crippen MR) is 116 cm³/mol. The lowest BCUT2D eigenvalue weighted by Crippen LogP contribution is -2.45. The number of hydrogen-bond acceptors (Lipinski definition) is 2. The Bertz CT molecular complexity index is 747. The van der Waals surface area contributed by atoms with Crippen molar-refractivity contribution in [2.45, 2.75) is 96.7 Å². The van der Waals surface area contributed by atoms with Gasteiger partial charge < -0.3 is 9.84 Å². The minimum absolute atomic E-state index is 0.00201. The van der Waals surface area contributed by atoms with Crippen LogP contribution in [0.25, 0.3) is 0 Å². The molecule has 0 bridgehead atoms. The van der Waals surface area contributed by atoms with Crippen LogP contribution < -0.4 is 4.74 Å². The lowest BCUT2D eigenvalue weighted by Gasteiger charge is -2.42. The van der Waals surface area contributed by atoms with Gasteiger partial charge in [0, 0.05) is 5.56 Å². The summed E-state index contributed by atoms with van der Waals surface area (Å²) < 4.78 is 49.5. The summed E-state index contributed by atoms with van der Waals surface area (Å²) in [5, 5.41) is 9.68. The van der Waals surface area contributed by atoms with Gasteiger partial charge in [0.25, 0.3) is 0 Å². The van der Waals surface area contributed by atoms with Crippen LogP contribution in [0.5, 0.6) is 5.75 Å². The third-order valence-corrected chi connectivity index (χ3v) is 8.41. The Labute approximate surface area is 184 Å². The van der Waals surface area contributed by atoms with E-state index in [1.807, 2.05) is 0 Å². The molecule has 1 aliphatic heterocycles. The molecule has 0 amide bonds. The standard InChI is InChI=1S/C26H37F3O2/c1-3-4-17-5-7-18(8-6-17)19-9-11-20(12-10-19)23-15-21-13-14-22(16(2)30)24(27)25(21)31-26(23,28)29/h13-14,16-20,23,30H,3-12,15H2,1-2H3. The highest BCUT2D eigenvalue weighted by molar-refractivity contribution is 5.42. The molecule has 2 aliphatic carbocycles.